The highest BCUT2D eigenvalue weighted by molar-refractivity contribution is 5.92. The normalized spacial score (nSPS) is 29.9. The van der Waals surface area contributed by atoms with Crippen LogP contribution in [0.3, 0.4) is 0 Å². The standard InChI is InChI=1S/C20H30N2O3/c1-14(2)25-15-9-10-17(21-13-15)19(23)22-12-6-8-18(22)16-7-4-5-11-20(16,3)24/h9-10,13-14,16,18,24H,4-8,11-12H2,1-3H3/t16-,18-,20+/m1/s1. The van der Waals surface area contributed by atoms with E-state index in [1.54, 1.807) is 12.3 Å². The Hall–Kier alpha value is -1.62. The van der Waals surface area contributed by atoms with Crippen molar-refractivity contribution in [2.45, 2.75) is 77.0 Å². The molecule has 1 aromatic heterocycles. The minimum atomic E-state index is -0.672. The predicted octanol–water partition coefficient (Wildman–Crippen LogP) is 3.41. The van der Waals surface area contributed by atoms with Crippen molar-refractivity contribution in [1.82, 2.24) is 9.88 Å². The van der Waals surface area contributed by atoms with Crippen molar-refractivity contribution in [3.63, 3.8) is 0 Å². The van der Waals surface area contributed by atoms with Crippen molar-refractivity contribution < 1.29 is 14.6 Å². The average molecular weight is 346 g/mol. The van der Waals surface area contributed by atoms with E-state index >= 15 is 0 Å². The molecular formula is C20H30N2O3. The first-order valence-corrected chi connectivity index (χ1v) is 9.54. The summed E-state index contributed by atoms with van der Waals surface area (Å²) in [7, 11) is 0. The van der Waals surface area contributed by atoms with Crippen LogP contribution in [0.1, 0.15) is 69.8 Å². The van der Waals surface area contributed by atoms with Gasteiger partial charge in [0, 0.05) is 18.5 Å². The monoisotopic (exact) mass is 346 g/mol. The lowest BCUT2D eigenvalue weighted by molar-refractivity contribution is -0.0578. The molecule has 2 heterocycles. The first-order chi connectivity index (χ1) is 11.9. The number of aliphatic hydroxyl groups is 1. The molecule has 138 valence electrons. The number of pyridine rings is 1. The number of rotatable bonds is 4. The maximum atomic E-state index is 13.0. The van der Waals surface area contributed by atoms with Crippen LogP contribution in [0, 0.1) is 5.92 Å². The lowest BCUT2D eigenvalue weighted by Gasteiger charge is -2.43. The van der Waals surface area contributed by atoms with Gasteiger partial charge in [0.2, 0.25) is 0 Å². The molecule has 2 aliphatic rings. The molecule has 3 atom stereocenters. The first-order valence-electron chi connectivity index (χ1n) is 9.54. The average Bonchev–Trinajstić information content (AvgIpc) is 3.03. The van der Waals surface area contributed by atoms with Crippen LogP contribution in [0.5, 0.6) is 5.75 Å². The van der Waals surface area contributed by atoms with Crippen LogP contribution in [0.15, 0.2) is 18.3 Å². The summed E-state index contributed by atoms with van der Waals surface area (Å²) in [6.07, 6.45) is 7.71. The molecule has 5 nitrogen and oxygen atoms in total. The Labute approximate surface area is 150 Å². The lowest BCUT2D eigenvalue weighted by Crippen LogP contribution is -2.50. The van der Waals surface area contributed by atoms with Crippen LogP contribution in [-0.2, 0) is 0 Å². The van der Waals surface area contributed by atoms with E-state index in [1.165, 1.54) is 0 Å². The molecule has 0 radical (unpaired) electrons. The summed E-state index contributed by atoms with van der Waals surface area (Å²) in [5, 5.41) is 10.8. The van der Waals surface area contributed by atoms with Gasteiger partial charge in [0.1, 0.15) is 11.4 Å². The van der Waals surface area contributed by atoms with Gasteiger partial charge in [-0.2, -0.15) is 0 Å². The Kier molecular flexibility index (Phi) is 5.32. The van der Waals surface area contributed by atoms with Gasteiger partial charge in [-0.25, -0.2) is 4.98 Å². The van der Waals surface area contributed by atoms with Crippen LogP contribution < -0.4 is 4.74 Å². The number of hydrogen-bond acceptors (Lipinski definition) is 4. The molecule has 5 heteroatoms. The summed E-state index contributed by atoms with van der Waals surface area (Å²) >= 11 is 0. The molecule has 1 aliphatic heterocycles. The van der Waals surface area contributed by atoms with Gasteiger partial charge in [0.25, 0.3) is 5.91 Å². The van der Waals surface area contributed by atoms with E-state index in [-0.39, 0.29) is 24.0 Å². The second-order valence-electron chi connectivity index (χ2n) is 7.96. The van der Waals surface area contributed by atoms with Crippen molar-refractivity contribution in [3.8, 4) is 5.75 Å². The second kappa shape index (κ2) is 7.32. The van der Waals surface area contributed by atoms with Gasteiger partial charge in [0.05, 0.1) is 17.9 Å². The topological polar surface area (TPSA) is 62.7 Å². The maximum absolute atomic E-state index is 13.0. The molecular weight excluding hydrogens is 316 g/mol. The fourth-order valence-electron chi connectivity index (χ4n) is 4.41. The van der Waals surface area contributed by atoms with Gasteiger partial charge in [-0.15, -0.1) is 0 Å². The summed E-state index contributed by atoms with van der Waals surface area (Å²) < 4.78 is 5.60. The number of hydrogen-bond donors (Lipinski definition) is 1. The smallest absolute Gasteiger partial charge is 0.272 e. The Morgan fingerprint density at radius 1 is 1.32 bits per heavy atom. The molecule has 1 N–H and O–H groups in total. The molecule has 2 fully saturated rings. The fraction of sp³-hybridized carbons (Fsp3) is 0.700. The number of amides is 1. The van der Waals surface area contributed by atoms with Crippen molar-refractivity contribution in [3.05, 3.63) is 24.0 Å². The first kappa shape index (κ1) is 18.2. The SMILES string of the molecule is CC(C)Oc1ccc(C(=O)N2CCC[C@@H]2[C@H]2CCCC[C@]2(C)O)nc1. The van der Waals surface area contributed by atoms with E-state index in [0.29, 0.717) is 11.4 Å². The maximum Gasteiger partial charge on any atom is 0.272 e. The third kappa shape index (κ3) is 3.97. The Bertz CT molecular complexity index is 597. The van der Waals surface area contributed by atoms with E-state index in [1.807, 2.05) is 31.7 Å². The lowest BCUT2D eigenvalue weighted by atomic mass is 9.72. The summed E-state index contributed by atoms with van der Waals surface area (Å²) in [5.41, 5.74) is -0.216. The quantitative estimate of drug-likeness (QED) is 0.907. The third-order valence-electron chi connectivity index (χ3n) is 5.60. The van der Waals surface area contributed by atoms with E-state index in [2.05, 4.69) is 4.98 Å². The molecule has 1 saturated heterocycles. The largest absolute Gasteiger partial charge is 0.489 e. The van der Waals surface area contributed by atoms with Crippen molar-refractivity contribution in [2.75, 3.05) is 6.54 Å². The predicted molar refractivity (Wildman–Crippen MR) is 96.6 cm³/mol. The molecule has 3 rings (SSSR count). The number of likely N-dealkylation sites (tertiary alicyclic amines) is 1. The van der Waals surface area contributed by atoms with E-state index in [0.717, 1.165) is 45.1 Å². The molecule has 1 amide bonds. The number of carbonyl (C=O) groups is 1. The van der Waals surface area contributed by atoms with Crippen LogP contribution in [0.2, 0.25) is 0 Å². The molecule has 1 saturated carbocycles. The van der Waals surface area contributed by atoms with Gasteiger partial charge in [0.15, 0.2) is 0 Å². The number of nitrogens with zero attached hydrogens (tertiary/aromatic N) is 2. The van der Waals surface area contributed by atoms with Gasteiger partial charge in [-0.1, -0.05) is 12.8 Å². The minimum absolute atomic E-state index is 0.0278. The highest BCUT2D eigenvalue weighted by Crippen LogP contribution is 2.41. The zero-order chi connectivity index (χ0) is 18.0. The summed E-state index contributed by atoms with van der Waals surface area (Å²) in [6, 6.07) is 3.67. The van der Waals surface area contributed by atoms with Crippen LogP contribution >= 0.6 is 0 Å². The van der Waals surface area contributed by atoms with Gasteiger partial charge < -0.3 is 14.7 Å². The molecule has 1 aliphatic carbocycles. The summed E-state index contributed by atoms with van der Waals surface area (Å²) in [4.78, 5) is 19.2. The third-order valence-corrected chi connectivity index (χ3v) is 5.60. The van der Waals surface area contributed by atoms with E-state index in [9.17, 15) is 9.90 Å². The number of carbonyl (C=O) groups excluding carboxylic acids is 1. The zero-order valence-electron chi connectivity index (χ0n) is 15.6. The van der Waals surface area contributed by atoms with Gasteiger partial charge in [-0.3, -0.25) is 4.79 Å². The van der Waals surface area contributed by atoms with Crippen LogP contribution in [-0.4, -0.2) is 45.2 Å². The second-order valence-corrected chi connectivity index (χ2v) is 7.96. The Balaban J connectivity index is 1.74. The van der Waals surface area contributed by atoms with Gasteiger partial charge >= 0.3 is 0 Å². The van der Waals surface area contributed by atoms with Crippen LogP contribution in [0.25, 0.3) is 0 Å². The van der Waals surface area contributed by atoms with Crippen molar-refractivity contribution in [2.24, 2.45) is 5.92 Å². The zero-order valence-corrected chi connectivity index (χ0v) is 15.6. The van der Waals surface area contributed by atoms with Gasteiger partial charge in [-0.05, 0) is 58.6 Å². The molecule has 25 heavy (non-hydrogen) atoms. The highest BCUT2D eigenvalue weighted by Gasteiger charge is 2.44. The minimum Gasteiger partial charge on any atom is -0.489 e. The molecule has 0 spiro atoms. The van der Waals surface area contributed by atoms with Crippen molar-refractivity contribution in [1.29, 1.82) is 0 Å². The van der Waals surface area contributed by atoms with E-state index < -0.39 is 5.60 Å². The summed E-state index contributed by atoms with van der Waals surface area (Å²) in [6.45, 7) is 6.62. The molecule has 0 aromatic carbocycles. The fourth-order valence-corrected chi connectivity index (χ4v) is 4.41. The summed E-state index contributed by atoms with van der Waals surface area (Å²) in [5.74, 6) is 0.816. The molecule has 0 bridgehead atoms. The Morgan fingerprint density at radius 3 is 2.76 bits per heavy atom. The Morgan fingerprint density at radius 2 is 2.12 bits per heavy atom. The molecule has 1 aromatic rings. The van der Waals surface area contributed by atoms with E-state index in [4.69, 9.17) is 4.74 Å². The molecule has 0 unspecified atom stereocenters. The number of aromatic nitrogens is 1. The highest BCUT2D eigenvalue weighted by atomic mass is 16.5. The van der Waals surface area contributed by atoms with Crippen LogP contribution in [0.4, 0.5) is 0 Å². The van der Waals surface area contributed by atoms with Crippen molar-refractivity contribution >= 4 is 5.91 Å². The number of ether oxygens (including phenoxy) is 1.